The lowest BCUT2D eigenvalue weighted by molar-refractivity contribution is -0.384. The molecule has 0 bridgehead atoms. The van der Waals surface area contributed by atoms with Gasteiger partial charge in [0.05, 0.1) is 32.3 Å². The van der Waals surface area contributed by atoms with Gasteiger partial charge in [-0.1, -0.05) is 18.2 Å². The second kappa shape index (κ2) is 13.8. The molecule has 0 spiro atoms. The molecule has 1 fully saturated rings. The van der Waals surface area contributed by atoms with Gasteiger partial charge < -0.3 is 24.8 Å². The number of nitrogens with one attached hydrogen (secondary N) is 2. The zero-order chi connectivity index (χ0) is 22.8. The number of nitro groups is 1. The standard InChI is InChI=1S/C23H30N4O5.HI/c1-30-21-8-5-17(13-22(21)31-2)9-11-24-23(26-15-19-10-12-32-16-19)25-14-18-3-6-20(7-4-18)27(28)29;/h3-8,13,19H,9-12,14-16H2,1-2H3,(H2,24,25,26);1H. The Hall–Kier alpha value is -2.60. The Kier molecular flexibility index (Phi) is 11.2. The average Bonchev–Trinajstić information content (AvgIpc) is 3.34. The highest BCUT2D eigenvalue weighted by atomic mass is 127. The molecule has 1 atom stereocenters. The van der Waals surface area contributed by atoms with Crippen molar-refractivity contribution in [2.75, 3.05) is 40.5 Å². The molecule has 0 amide bonds. The largest absolute Gasteiger partial charge is 0.493 e. The maximum Gasteiger partial charge on any atom is 0.269 e. The quantitative estimate of drug-likeness (QED) is 0.148. The number of halogens is 1. The van der Waals surface area contributed by atoms with E-state index < -0.39 is 4.92 Å². The summed E-state index contributed by atoms with van der Waals surface area (Å²) >= 11 is 0. The summed E-state index contributed by atoms with van der Waals surface area (Å²) < 4.78 is 16.1. The van der Waals surface area contributed by atoms with Gasteiger partial charge >= 0.3 is 0 Å². The van der Waals surface area contributed by atoms with Gasteiger partial charge in [-0.2, -0.15) is 0 Å². The SMILES string of the molecule is COc1ccc(CCNC(=NCc2ccc([N+](=O)[O-])cc2)NCC2CCOC2)cc1OC.I. The molecule has 0 aromatic heterocycles. The van der Waals surface area contributed by atoms with Gasteiger partial charge in [0.15, 0.2) is 17.5 Å². The lowest BCUT2D eigenvalue weighted by Gasteiger charge is -2.15. The number of nitrogens with zero attached hydrogens (tertiary/aromatic N) is 2. The van der Waals surface area contributed by atoms with Gasteiger partial charge in [-0.25, -0.2) is 4.99 Å². The summed E-state index contributed by atoms with van der Waals surface area (Å²) in [6.45, 7) is 3.44. The Morgan fingerprint density at radius 2 is 1.85 bits per heavy atom. The zero-order valence-electron chi connectivity index (χ0n) is 18.9. The number of ether oxygens (including phenoxy) is 3. The number of benzene rings is 2. The Morgan fingerprint density at radius 3 is 2.48 bits per heavy atom. The van der Waals surface area contributed by atoms with Crippen LogP contribution in [0.3, 0.4) is 0 Å². The van der Waals surface area contributed by atoms with Gasteiger partial charge in [-0.15, -0.1) is 24.0 Å². The van der Waals surface area contributed by atoms with E-state index in [1.165, 1.54) is 12.1 Å². The Balaban J connectivity index is 0.00000385. The van der Waals surface area contributed by atoms with Crippen molar-refractivity contribution in [1.29, 1.82) is 0 Å². The zero-order valence-corrected chi connectivity index (χ0v) is 21.2. The molecular formula is C23H31IN4O5. The van der Waals surface area contributed by atoms with Crippen molar-refractivity contribution in [3.63, 3.8) is 0 Å². The van der Waals surface area contributed by atoms with Crippen LogP contribution in [0, 0.1) is 16.0 Å². The van der Waals surface area contributed by atoms with Gasteiger partial charge in [0.2, 0.25) is 0 Å². The summed E-state index contributed by atoms with van der Waals surface area (Å²) in [6, 6.07) is 12.3. The molecule has 0 aliphatic carbocycles. The number of hydrogen-bond acceptors (Lipinski definition) is 6. The lowest BCUT2D eigenvalue weighted by atomic mass is 10.1. The van der Waals surface area contributed by atoms with E-state index in [0.29, 0.717) is 36.5 Å². The number of hydrogen-bond donors (Lipinski definition) is 2. The third-order valence-electron chi connectivity index (χ3n) is 5.30. The summed E-state index contributed by atoms with van der Waals surface area (Å²) in [4.78, 5) is 15.1. The number of guanidine groups is 1. The van der Waals surface area contributed by atoms with Crippen molar-refractivity contribution >= 4 is 35.6 Å². The fourth-order valence-electron chi connectivity index (χ4n) is 3.41. The van der Waals surface area contributed by atoms with Crippen LogP contribution in [0.25, 0.3) is 0 Å². The minimum atomic E-state index is -0.403. The Labute approximate surface area is 211 Å². The second-order valence-corrected chi connectivity index (χ2v) is 7.57. The third-order valence-corrected chi connectivity index (χ3v) is 5.30. The Morgan fingerprint density at radius 1 is 1.12 bits per heavy atom. The van der Waals surface area contributed by atoms with Gasteiger partial charge in [0, 0.05) is 37.7 Å². The van der Waals surface area contributed by atoms with E-state index in [1.807, 2.05) is 18.2 Å². The molecule has 180 valence electrons. The molecule has 2 N–H and O–H groups in total. The monoisotopic (exact) mass is 570 g/mol. The first-order valence-electron chi connectivity index (χ1n) is 10.6. The predicted molar refractivity (Wildman–Crippen MR) is 138 cm³/mol. The molecule has 1 heterocycles. The maximum atomic E-state index is 10.8. The van der Waals surface area contributed by atoms with Gasteiger partial charge in [0.25, 0.3) is 5.69 Å². The number of nitro benzene ring substituents is 1. The number of aliphatic imine (C=N–C) groups is 1. The normalized spacial score (nSPS) is 15.5. The molecule has 1 aliphatic heterocycles. The van der Waals surface area contributed by atoms with Crippen LogP contribution < -0.4 is 20.1 Å². The van der Waals surface area contributed by atoms with E-state index in [4.69, 9.17) is 14.2 Å². The van der Waals surface area contributed by atoms with Crippen LogP contribution in [0.15, 0.2) is 47.5 Å². The van der Waals surface area contributed by atoms with E-state index in [-0.39, 0.29) is 29.7 Å². The van der Waals surface area contributed by atoms with Crippen molar-refractivity contribution in [1.82, 2.24) is 10.6 Å². The second-order valence-electron chi connectivity index (χ2n) is 7.57. The summed E-state index contributed by atoms with van der Waals surface area (Å²) in [5, 5.41) is 17.6. The highest BCUT2D eigenvalue weighted by Gasteiger charge is 2.16. The maximum absolute atomic E-state index is 10.8. The molecule has 33 heavy (non-hydrogen) atoms. The molecule has 9 nitrogen and oxygen atoms in total. The molecule has 3 rings (SSSR count). The van der Waals surface area contributed by atoms with E-state index in [0.717, 1.165) is 43.7 Å². The van der Waals surface area contributed by atoms with Crippen LogP contribution in [-0.4, -0.2) is 51.4 Å². The molecule has 1 unspecified atom stereocenters. The van der Waals surface area contributed by atoms with Crippen molar-refractivity contribution in [3.05, 3.63) is 63.7 Å². The van der Waals surface area contributed by atoms with Gasteiger partial charge in [0.1, 0.15) is 0 Å². The van der Waals surface area contributed by atoms with Crippen LogP contribution in [0.2, 0.25) is 0 Å². The van der Waals surface area contributed by atoms with E-state index >= 15 is 0 Å². The molecule has 10 heteroatoms. The van der Waals surface area contributed by atoms with E-state index in [1.54, 1.807) is 26.4 Å². The summed E-state index contributed by atoms with van der Waals surface area (Å²) in [5.41, 5.74) is 2.10. The number of non-ortho nitro benzene ring substituents is 1. The highest BCUT2D eigenvalue weighted by molar-refractivity contribution is 14.0. The van der Waals surface area contributed by atoms with Crippen molar-refractivity contribution < 1.29 is 19.1 Å². The van der Waals surface area contributed by atoms with Crippen molar-refractivity contribution in [3.8, 4) is 11.5 Å². The molecule has 0 radical (unpaired) electrons. The fourth-order valence-corrected chi connectivity index (χ4v) is 3.41. The van der Waals surface area contributed by atoms with Crippen molar-refractivity contribution in [2.24, 2.45) is 10.9 Å². The van der Waals surface area contributed by atoms with E-state index in [2.05, 4.69) is 15.6 Å². The predicted octanol–water partition coefficient (Wildman–Crippen LogP) is 3.54. The molecular weight excluding hydrogens is 539 g/mol. The molecule has 2 aromatic rings. The van der Waals surface area contributed by atoms with Crippen LogP contribution in [0.5, 0.6) is 11.5 Å². The first-order valence-corrected chi connectivity index (χ1v) is 10.6. The van der Waals surface area contributed by atoms with Crippen molar-refractivity contribution in [2.45, 2.75) is 19.4 Å². The number of methoxy groups -OCH3 is 2. The van der Waals surface area contributed by atoms with Crippen LogP contribution in [-0.2, 0) is 17.7 Å². The minimum absolute atomic E-state index is 0. The van der Waals surface area contributed by atoms with E-state index in [9.17, 15) is 10.1 Å². The van der Waals surface area contributed by atoms with Crippen LogP contribution in [0.4, 0.5) is 5.69 Å². The topological polar surface area (TPSA) is 107 Å². The summed E-state index contributed by atoms with van der Waals surface area (Å²) in [7, 11) is 3.24. The minimum Gasteiger partial charge on any atom is -0.493 e. The molecule has 0 saturated carbocycles. The molecule has 2 aromatic carbocycles. The molecule has 1 saturated heterocycles. The first kappa shape index (κ1) is 26.7. The third kappa shape index (κ3) is 8.35. The van der Waals surface area contributed by atoms with Gasteiger partial charge in [-0.3, -0.25) is 10.1 Å². The summed E-state index contributed by atoms with van der Waals surface area (Å²) in [5.74, 6) is 2.58. The fraction of sp³-hybridized carbons (Fsp3) is 0.435. The van der Waals surface area contributed by atoms with Crippen LogP contribution in [0.1, 0.15) is 17.5 Å². The van der Waals surface area contributed by atoms with Crippen LogP contribution >= 0.6 is 24.0 Å². The smallest absolute Gasteiger partial charge is 0.269 e. The number of rotatable bonds is 10. The lowest BCUT2D eigenvalue weighted by Crippen LogP contribution is -2.41. The first-order chi connectivity index (χ1) is 15.6. The average molecular weight is 570 g/mol. The highest BCUT2D eigenvalue weighted by Crippen LogP contribution is 2.27. The van der Waals surface area contributed by atoms with Gasteiger partial charge in [-0.05, 0) is 36.1 Å². The Bertz CT molecular complexity index is 918. The summed E-state index contributed by atoms with van der Waals surface area (Å²) in [6.07, 6.45) is 1.82. The molecule has 1 aliphatic rings.